The zero-order valence-corrected chi connectivity index (χ0v) is 13.2. The number of nitriles is 1. The van der Waals surface area contributed by atoms with E-state index in [1.807, 2.05) is 12.3 Å². The number of nitrogens with one attached hydrogen (secondary N) is 1. The molecule has 1 aromatic carbocycles. The minimum absolute atomic E-state index is 0.106. The lowest BCUT2D eigenvalue weighted by Crippen LogP contribution is -2.37. The molecular formula is C16H18N2O3S. The monoisotopic (exact) mass is 318 g/mol. The Morgan fingerprint density at radius 1 is 1.32 bits per heavy atom. The SMILES string of the molecule is CC1CCCCC1C(=O)NOC(=O)c1ccccc1SC#N. The molecule has 0 heterocycles. The van der Waals surface area contributed by atoms with Crippen molar-refractivity contribution in [2.24, 2.45) is 11.8 Å². The molecule has 1 aromatic rings. The highest BCUT2D eigenvalue weighted by atomic mass is 32.2. The molecule has 0 saturated heterocycles. The van der Waals surface area contributed by atoms with Gasteiger partial charge in [-0.25, -0.2) is 4.79 Å². The highest BCUT2D eigenvalue weighted by Crippen LogP contribution is 2.29. The molecule has 116 valence electrons. The molecule has 0 radical (unpaired) electrons. The van der Waals surface area contributed by atoms with Crippen LogP contribution in [0.3, 0.4) is 0 Å². The van der Waals surface area contributed by atoms with Crippen molar-refractivity contribution in [3.63, 3.8) is 0 Å². The van der Waals surface area contributed by atoms with E-state index in [0.29, 0.717) is 10.8 Å². The predicted molar refractivity (Wildman–Crippen MR) is 82.6 cm³/mol. The maximum Gasteiger partial charge on any atom is 0.364 e. The fraction of sp³-hybridized carbons (Fsp3) is 0.438. The molecule has 22 heavy (non-hydrogen) atoms. The summed E-state index contributed by atoms with van der Waals surface area (Å²) in [6, 6.07) is 6.65. The van der Waals surface area contributed by atoms with E-state index < -0.39 is 5.97 Å². The van der Waals surface area contributed by atoms with Gasteiger partial charge in [0.25, 0.3) is 5.91 Å². The molecule has 1 fully saturated rings. The molecule has 6 heteroatoms. The first-order valence-corrected chi connectivity index (χ1v) is 8.11. The van der Waals surface area contributed by atoms with Crippen LogP contribution in [0.5, 0.6) is 0 Å². The van der Waals surface area contributed by atoms with Crippen molar-refractivity contribution in [1.82, 2.24) is 5.48 Å². The summed E-state index contributed by atoms with van der Waals surface area (Å²) in [5, 5.41) is 10.7. The number of nitrogens with zero attached hydrogens (tertiary/aromatic N) is 1. The van der Waals surface area contributed by atoms with E-state index in [4.69, 9.17) is 10.1 Å². The third-order valence-corrected chi connectivity index (χ3v) is 4.62. The molecule has 1 aliphatic rings. The Balaban J connectivity index is 1.95. The van der Waals surface area contributed by atoms with Gasteiger partial charge in [0.1, 0.15) is 5.40 Å². The topological polar surface area (TPSA) is 79.2 Å². The Labute approximate surface area is 134 Å². The summed E-state index contributed by atoms with van der Waals surface area (Å²) in [5.74, 6) is -0.708. The first kappa shape index (κ1) is 16.4. The lowest BCUT2D eigenvalue weighted by atomic mass is 9.80. The maximum absolute atomic E-state index is 12.1. The number of thiocyanates is 1. The fourth-order valence-electron chi connectivity index (χ4n) is 2.71. The highest BCUT2D eigenvalue weighted by Gasteiger charge is 2.28. The summed E-state index contributed by atoms with van der Waals surface area (Å²) >= 11 is 0.885. The van der Waals surface area contributed by atoms with Crippen LogP contribution in [0.25, 0.3) is 0 Å². The maximum atomic E-state index is 12.1. The normalized spacial score (nSPS) is 20.7. The Kier molecular flexibility index (Phi) is 5.84. The Bertz CT molecular complexity index is 597. The largest absolute Gasteiger partial charge is 0.364 e. The van der Waals surface area contributed by atoms with Gasteiger partial charge in [0.2, 0.25) is 0 Å². The van der Waals surface area contributed by atoms with Crippen LogP contribution in [0.2, 0.25) is 0 Å². The van der Waals surface area contributed by atoms with Crippen molar-refractivity contribution in [2.45, 2.75) is 37.5 Å². The molecule has 5 nitrogen and oxygen atoms in total. The van der Waals surface area contributed by atoms with Crippen LogP contribution in [0.15, 0.2) is 29.2 Å². The smallest absolute Gasteiger partial charge is 0.335 e. The lowest BCUT2D eigenvalue weighted by Gasteiger charge is -2.27. The summed E-state index contributed by atoms with van der Waals surface area (Å²) in [6.45, 7) is 2.05. The molecule has 0 spiro atoms. The summed E-state index contributed by atoms with van der Waals surface area (Å²) in [7, 11) is 0. The zero-order chi connectivity index (χ0) is 15.9. The number of carbonyl (C=O) groups excluding carboxylic acids is 2. The van der Waals surface area contributed by atoms with E-state index in [0.717, 1.165) is 37.4 Å². The summed E-state index contributed by atoms with van der Waals surface area (Å²) in [6.07, 6.45) is 4.01. The molecular weight excluding hydrogens is 300 g/mol. The van der Waals surface area contributed by atoms with Gasteiger partial charge >= 0.3 is 5.97 Å². The number of hydrogen-bond donors (Lipinski definition) is 1. The first-order valence-electron chi connectivity index (χ1n) is 7.29. The van der Waals surface area contributed by atoms with Crippen LogP contribution in [0.4, 0.5) is 0 Å². The Hall–Kier alpha value is -2.00. The van der Waals surface area contributed by atoms with Gasteiger partial charge in [-0.15, -0.1) is 0 Å². The van der Waals surface area contributed by atoms with E-state index in [2.05, 4.69) is 5.48 Å². The molecule has 0 aliphatic heterocycles. The Morgan fingerprint density at radius 2 is 2.05 bits per heavy atom. The second-order valence-electron chi connectivity index (χ2n) is 5.41. The first-order chi connectivity index (χ1) is 10.6. The Morgan fingerprint density at radius 3 is 2.77 bits per heavy atom. The average molecular weight is 318 g/mol. The third kappa shape index (κ3) is 4.01. The number of amides is 1. The van der Waals surface area contributed by atoms with Gasteiger partial charge in [-0.1, -0.05) is 31.9 Å². The van der Waals surface area contributed by atoms with E-state index >= 15 is 0 Å². The van der Waals surface area contributed by atoms with Gasteiger partial charge in [0.05, 0.1) is 5.56 Å². The van der Waals surface area contributed by atoms with Gasteiger partial charge < -0.3 is 4.84 Å². The van der Waals surface area contributed by atoms with Crippen molar-refractivity contribution in [2.75, 3.05) is 0 Å². The highest BCUT2D eigenvalue weighted by molar-refractivity contribution is 8.03. The van der Waals surface area contributed by atoms with Crippen LogP contribution in [0, 0.1) is 22.5 Å². The van der Waals surface area contributed by atoms with Crippen molar-refractivity contribution in [3.05, 3.63) is 29.8 Å². The van der Waals surface area contributed by atoms with Crippen LogP contribution < -0.4 is 5.48 Å². The molecule has 2 atom stereocenters. The van der Waals surface area contributed by atoms with Crippen molar-refractivity contribution in [3.8, 4) is 5.40 Å². The number of hydroxylamine groups is 1. The second kappa shape index (κ2) is 7.85. The van der Waals surface area contributed by atoms with Gasteiger partial charge in [-0.2, -0.15) is 10.7 Å². The van der Waals surface area contributed by atoms with Crippen LogP contribution in [-0.2, 0) is 9.63 Å². The van der Waals surface area contributed by atoms with Gasteiger partial charge in [0.15, 0.2) is 0 Å². The van der Waals surface area contributed by atoms with Crippen LogP contribution in [-0.4, -0.2) is 11.9 Å². The minimum atomic E-state index is -0.657. The van der Waals surface area contributed by atoms with E-state index in [9.17, 15) is 9.59 Å². The van der Waals surface area contributed by atoms with E-state index in [1.54, 1.807) is 24.3 Å². The van der Waals surface area contributed by atoms with Crippen molar-refractivity contribution in [1.29, 1.82) is 5.26 Å². The summed E-state index contributed by atoms with van der Waals surface area (Å²) in [5.41, 5.74) is 2.54. The molecule has 2 rings (SSSR count). The number of hydrogen-bond acceptors (Lipinski definition) is 5. The molecule has 2 unspecified atom stereocenters. The van der Waals surface area contributed by atoms with Gasteiger partial charge in [-0.05, 0) is 42.7 Å². The van der Waals surface area contributed by atoms with Crippen LogP contribution >= 0.6 is 11.8 Å². The van der Waals surface area contributed by atoms with Gasteiger partial charge in [-0.3, -0.25) is 4.79 Å². The average Bonchev–Trinajstić information content (AvgIpc) is 2.53. The fourth-order valence-corrected chi connectivity index (χ4v) is 3.21. The molecule has 1 N–H and O–H groups in total. The predicted octanol–water partition coefficient (Wildman–Crippen LogP) is 3.27. The van der Waals surface area contributed by atoms with Gasteiger partial charge in [0, 0.05) is 10.8 Å². The number of rotatable bonds is 3. The molecule has 0 bridgehead atoms. The summed E-state index contributed by atoms with van der Waals surface area (Å²) in [4.78, 5) is 29.6. The van der Waals surface area contributed by atoms with E-state index in [-0.39, 0.29) is 17.4 Å². The lowest BCUT2D eigenvalue weighted by molar-refractivity contribution is -0.136. The zero-order valence-electron chi connectivity index (χ0n) is 12.4. The minimum Gasteiger partial charge on any atom is -0.335 e. The van der Waals surface area contributed by atoms with Crippen molar-refractivity contribution < 1.29 is 14.4 Å². The number of benzene rings is 1. The van der Waals surface area contributed by atoms with E-state index in [1.165, 1.54) is 0 Å². The molecule has 1 saturated carbocycles. The summed E-state index contributed by atoms with van der Waals surface area (Å²) < 4.78 is 0. The number of carbonyl (C=O) groups is 2. The quantitative estimate of drug-likeness (QED) is 0.525. The second-order valence-corrected chi connectivity index (χ2v) is 6.24. The number of thioether (sulfide) groups is 1. The standard InChI is InChI=1S/C16H18N2O3S/c1-11-6-2-3-7-12(11)15(19)18-21-16(20)13-8-4-5-9-14(13)22-10-17/h4-5,8-9,11-12H,2-3,6-7H2,1H3,(H,18,19). The third-order valence-electron chi connectivity index (χ3n) is 3.96. The molecule has 1 aliphatic carbocycles. The van der Waals surface area contributed by atoms with Crippen LogP contribution in [0.1, 0.15) is 43.0 Å². The molecule has 1 amide bonds. The van der Waals surface area contributed by atoms with Crippen molar-refractivity contribution >= 4 is 23.6 Å². The molecule has 0 aromatic heterocycles.